The Hall–Kier alpha value is -2.87. The molecule has 0 fully saturated rings. The van der Waals surface area contributed by atoms with Crippen LogP contribution < -0.4 is 10.6 Å². The van der Waals surface area contributed by atoms with E-state index in [0.29, 0.717) is 36.5 Å². The van der Waals surface area contributed by atoms with Crippen molar-refractivity contribution in [2.45, 2.75) is 84.6 Å². The molecule has 8 nitrogen and oxygen atoms in total. The molecule has 1 atom stereocenters. The molecule has 200 valence electrons. The summed E-state index contributed by atoms with van der Waals surface area (Å²) in [4.78, 5) is 39.6. The summed E-state index contributed by atoms with van der Waals surface area (Å²) in [5.74, 6) is -0.488. The number of anilines is 1. The van der Waals surface area contributed by atoms with Crippen LogP contribution in [0, 0.1) is 0 Å². The number of benzene rings is 1. The van der Waals surface area contributed by atoms with E-state index in [1.807, 2.05) is 19.1 Å². The van der Waals surface area contributed by atoms with Crippen molar-refractivity contribution in [1.82, 2.24) is 10.2 Å². The first-order chi connectivity index (χ1) is 17.4. The van der Waals surface area contributed by atoms with E-state index in [9.17, 15) is 14.4 Å². The number of nitrogens with one attached hydrogen (secondary N) is 2. The Bertz CT molecular complexity index is 882. The summed E-state index contributed by atoms with van der Waals surface area (Å²) in [5.41, 5.74) is 2.41. The molecule has 0 aliphatic carbocycles. The molecule has 2 rings (SSSR count). The number of hydrogen-bond donors (Lipinski definition) is 2. The van der Waals surface area contributed by atoms with Gasteiger partial charge in [0.1, 0.15) is 6.61 Å². The van der Waals surface area contributed by atoms with Gasteiger partial charge in [0, 0.05) is 31.5 Å². The number of amides is 3. The standard InChI is InChI=1S/C28H43N3O5/c1-5-7-8-9-10-11-12-13-24(32)29-23-16-14-22(15-17-23)26-25(27(33)36-20-19-35-4)21(3)31(18-6-2)28(34)30-26/h14-17,26H,5-13,18-20H2,1-4H3,(H,29,32)(H,30,34). The molecule has 1 aromatic carbocycles. The van der Waals surface area contributed by atoms with Crippen molar-refractivity contribution >= 4 is 23.6 Å². The summed E-state index contributed by atoms with van der Waals surface area (Å²) in [5, 5.41) is 5.88. The van der Waals surface area contributed by atoms with E-state index in [1.165, 1.54) is 32.1 Å². The van der Waals surface area contributed by atoms with Crippen molar-refractivity contribution in [3.63, 3.8) is 0 Å². The molecule has 8 heteroatoms. The first-order valence-corrected chi connectivity index (χ1v) is 13.3. The Labute approximate surface area is 215 Å². The molecule has 36 heavy (non-hydrogen) atoms. The van der Waals surface area contributed by atoms with Crippen LogP contribution in [0.1, 0.15) is 90.2 Å². The van der Waals surface area contributed by atoms with Gasteiger partial charge in [0.05, 0.1) is 18.2 Å². The zero-order chi connectivity index (χ0) is 26.3. The molecule has 0 aromatic heterocycles. The molecule has 0 saturated carbocycles. The van der Waals surface area contributed by atoms with E-state index in [4.69, 9.17) is 9.47 Å². The fourth-order valence-electron chi connectivity index (χ4n) is 4.31. The van der Waals surface area contributed by atoms with Crippen molar-refractivity contribution in [3.05, 3.63) is 41.1 Å². The third kappa shape index (κ3) is 8.97. The van der Waals surface area contributed by atoms with Crippen LogP contribution in [0.15, 0.2) is 35.5 Å². The van der Waals surface area contributed by atoms with Crippen LogP contribution in [0.4, 0.5) is 10.5 Å². The lowest BCUT2D eigenvalue weighted by molar-refractivity contribution is -0.141. The Kier molecular flexibility index (Phi) is 13.0. The number of urea groups is 1. The van der Waals surface area contributed by atoms with Gasteiger partial charge in [-0.05, 0) is 37.5 Å². The van der Waals surface area contributed by atoms with Crippen LogP contribution in [0.25, 0.3) is 0 Å². The zero-order valence-corrected chi connectivity index (χ0v) is 22.4. The molecule has 1 aliphatic rings. The van der Waals surface area contributed by atoms with Gasteiger partial charge in [-0.15, -0.1) is 0 Å². The molecule has 0 spiro atoms. The minimum Gasteiger partial charge on any atom is -0.460 e. The molecule has 3 amide bonds. The third-order valence-electron chi connectivity index (χ3n) is 6.32. The normalized spacial score (nSPS) is 15.6. The average Bonchev–Trinajstić information content (AvgIpc) is 2.86. The van der Waals surface area contributed by atoms with Crippen molar-refractivity contribution in [2.24, 2.45) is 0 Å². The van der Waals surface area contributed by atoms with E-state index in [2.05, 4.69) is 17.6 Å². The maximum Gasteiger partial charge on any atom is 0.338 e. The van der Waals surface area contributed by atoms with Gasteiger partial charge in [-0.3, -0.25) is 9.69 Å². The van der Waals surface area contributed by atoms with Crippen molar-refractivity contribution in [1.29, 1.82) is 0 Å². The number of methoxy groups -OCH3 is 1. The quantitative estimate of drug-likeness (QED) is 0.223. The van der Waals surface area contributed by atoms with Gasteiger partial charge in [0.25, 0.3) is 0 Å². The maximum atomic E-state index is 13.0. The molecular formula is C28H43N3O5. The molecule has 1 heterocycles. The Morgan fingerprint density at radius 1 is 0.972 bits per heavy atom. The van der Waals surface area contributed by atoms with Crippen LogP contribution in [0.3, 0.4) is 0 Å². The average molecular weight is 502 g/mol. The van der Waals surface area contributed by atoms with Gasteiger partial charge < -0.3 is 20.1 Å². The number of carbonyl (C=O) groups excluding carboxylic acids is 3. The maximum absolute atomic E-state index is 13.0. The zero-order valence-electron chi connectivity index (χ0n) is 22.4. The van der Waals surface area contributed by atoms with Gasteiger partial charge >= 0.3 is 12.0 Å². The second-order valence-electron chi connectivity index (χ2n) is 9.20. The van der Waals surface area contributed by atoms with Crippen molar-refractivity contribution < 1.29 is 23.9 Å². The SMILES string of the molecule is CCCCCCCCCC(=O)Nc1ccc(C2NC(=O)N(CCC)C(C)=C2C(=O)OCCOC)cc1. The highest BCUT2D eigenvalue weighted by molar-refractivity contribution is 5.95. The number of esters is 1. The Balaban J connectivity index is 2.04. The first kappa shape index (κ1) is 29.4. The smallest absolute Gasteiger partial charge is 0.338 e. The minimum atomic E-state index is -0.641. The first-order valence-electron chi connectivity index (χ1n) is 13.3. The molecule has 0 saturated heterocycles. The van der Waals surface area contributed by atoms with Gasteiger partial charge in [-0.1, -0.05) is 64.5 Å². The lowest BCUT2D eigenvalue weighted by Gasteiger charge is -2.35. The number of rotatable bonds is 16. The van der Waals surface area contributed by atoms with Crippen LogP contribution in [0.2, 0.25) is 0 Å². The van der Waals surface area contributed by atoms with E-state index < -0.39 is 12.0 Å². The highest BCUT2D eigenvalue weighted by Crippen LogP contribution is 2.32. The van der Waals surface area contributed by atoms with E-state index in [-0.39, 0.29) is 18.5 Å². The largest absolute Gasteiger partial charge is 0.460 e. The lowest BCUT2D eigenvalue weighted by atomic mass is 9.94. The fourth-order valence-corrected chi connectivity index (χ4v) is 4.31. The molecule has 1 unspecified atom stereocenters. The van der Waals surface area contributed by atoms with E-state index >= 15 is 0 Å². The number of hydrogen-bond acceptors (Lipinski definition) is 5. The highest BCUT2D eigenvalue weighted by atomic mass is 16.6. The van der Waals surface area contributed by atoms with Gasteiger partial charge in [0.2, 0.25) is 5.91 Å². The summed E-state index contributed by atoms with van der Waals surface area (Å²) in [6.45, 7) is 6.88. The predicted molar refractivity (Wildman–Crippen MR) is 141 cm³/mol. The monoisotopic (exact) mass is 501 g/mol. The number of allylic oxidation sites excluding steroid dienone is 1. The molecule has 0 radical (unpaired) electrons. The van der Waals surface area contributed by atoms with Gasteiger partial charge in [-0.2, -0.15) is 0 Å². The number of unbranched alkanes of at least 4 members (excludes halogenated alkanes) is 6. The Morgan fingerprint density at radius 2 is 1.64 bits per heavy atom. The summed E-state index contributed by atoms with van der Waals surface area (Å²) >= 11 is 0. The lowest BCUT2D eigenvalue weighted by Crippen LogP contribution is -2.48. The molecule has 0 bridgehead atoms. The summed E-state index contributed by atoms with van der Waals surface area (Å²) in [6, 6.07) is 6.34. The van der Waals surface area contributed by atoms with Gasteiger partial charge in [-0.25, -0.2) is 9.59 Å². The fraction of sp³-hybridized carbons (Fsp3) is 0.607. The van der Waals surface area contributed by atoms with Crippen LogP contribution in [0.5, 0.6) is 0 Å². The second kappa shape index (κ2) is 16.0. The van der Waals surface area contributed by atoms with Crippen LogP contribution >= 0.6 is 0 Å². The van der Waals surface area contributed by atoms with Crippen LogP contribution in [-0.4, -0.2) is 49.7 Å². The second-order valence-corrected chi connectivity index (χ2v) is 9.20. The number of carbonyl (C=O) groups is 3. The highest BCUT2D eigenvalue weighted by Gasteiger charge is 2.36. The van der Waals surface area contributed by atoms with Crippen LogP contribution in [-0.2, 0) is 19.1 Å². The van der Waals surface area contributed by atoms with Gasteiger partial charge in [0.15, 0.2) is 0 Å². The molecule has 1 aromatic rings. The summed E-state index contributed by atoms with van der Waals surface area (Å²) < 4.78 is 10.4. The topological polar surface area (TPSA) is 97.0 Å². The van der Waals surface area contributed by atoms with E-state index in [0.717, 1.165) is 24.8 Å². The predicted octanol–water partition coefficient (Wildman–Crippen LogP) is 5.71. The molecule has 2 N–H and O–H groups in total. The third-order valence-corrected chi connectivity index (χ3v) is 6.32. The molecular weight excluding hydrogens is 458 g/mol. The van der Waals surface area contributed by atoms with E-state index in [1.54, 1.807) is 31.1 Å². The number of ether oxygens (including phenoxy) is 2. The number of nitrogens with zero attached hydrogens (tertiary/aromatic N) is 1. The Morgan fingerprint density at radius 3 is 2.28 bits per heavy atom. The van der Waals surface area contributed by atoms with Crippen molar-refractivity contribution in [2.75, 3.05) is 32.2 Å². The molecule has 1 aliphatic heterocycles. The minimum absolute atomic E-state index is 0.00404. The summed E-state index contributed by atoms with van der Waals surface area (Å²) in [6.07, 6.45) is 9.42. The van der Waals surface area contributed by atoms with Crippen molar-refractivity contribution in [3.8, 4) is 0 Å². The summed E-state index contributed by atoms with van der Waals surface area (Å²) in [7, 11) is 1.54.